The van der Waals surface area contributed by atoms with Crippen molar-refractivity contribution in [3.05, 3.63) is 47.2 Å². The van der Waals surface area contributed by atoms with Crippen molar-refractivity contribution in [2.45, 2.75) is 46.6 Å². The lowest BCUT2D eigenvalue weighted by Gasteiger charge is -2.34. The number of hydrogen-bond donors (Lipinski definition) is 1. The molecule has 0 aliphatic carbocycles. The first-order chi connectivity index (χ1) is 15.3. The molecule has 6 heteroatoms. The molecular formula is C26H34N4O2. The smallest absolute Gasteiger partial charge is 0.254 e. The van der Waals surface area contributed by atoms with Crippen LogP contribution in [0.15, 0.2) is 40.9 Å². The van der Waals surface area contributed by atoms with Crippen LogP contribution in [-0.4, -0.2) is 53.7 Å². The number of nitrogens with zero attached hydrogens (tertiary/aromatic N) is 3. The lowest BCUT2D eigenvalue weighted by molar-refractivity contribution is -0.120. The van der Waals surface area contributed by atoms with E-state index in [-0.39, 0.29) is 18.4 Å². The highest BCUT2D eigenvalue weighted by Crippen LogP contribution is 2.35. The van der Waals surface area contributed by atoms with Crippen molar-refractivity contribution in [1.29, 1.82) is 0 Å². The van der Waals surface area contributed by atoms with Gasteiger partial charge < -0.3 is 14.8 Å². The number of benzene rings is 1. The van der Waals surface area contributed by atoms with Gasteiger partial charge in [-0.3, -0.25) is 9.59 Å². The molecule has 4 rings (SSSR count). The van der Waals surface area contributed by atoms with Gasteiger partial charge in [-0.2, -0.15) is 0 Å². The summed E-state index contributed by atoms with van der Waals surface area (Å²) in [6.45, 7) is 10.6. The van der Waals surface area contributed by atoms with E-state index in [9.17, 15) is 9.59 Å². The summed E-state index contributed by atoms with van der Waals surface area (Å²) < 4.78 is 2.35. The Bertz CT molecular complexity index is 1100. The quantitative estimate of drug-likeness (QED) is 0.769. The second kappa shape index (κ2) is 9.02. The zero-order valence-corrected chi connectivity index (χ0v) is 19.8. The molecule has 1 aromatic heterocycles. The van der Waals surface area contributed by atoms with Crippen molar-refractivity contribution in [1.82, 2.24) is 14.8 Å². The van der Waals surface area contributed by atoms with E-state index in [1.807, 2.05) is 45.0 Å². The lowest BCUT2D eigenvalue weighted by atomic mass is 9.90. The molecule has 2 atom stereocenters. The van der Waals surface area contributed by atoms with Crippen LogP contribution in [0.1, 0.15) is 55.7 Å². The Labute approximate surface area is 190 Å². The zero-order valence-electron chi connectivity index (χ0n) is 19.8. The third kappa shape index (κ3) is 4.16. The molecule has 0 radical (unpaired) electrons. The van der Waals surface area contributed by atoms with E-state index in [0.29, 0.717) is 17.5 Å². The average molecular weight is 435 g/mol. The Hall–Kier alpha value is -2.73. The van der Waals surface area contributed by atoms with E-state index in [2.05, 4.69) is 39.8 Å². The van der Waals surface area contributed by atoms with Gasteiger partial charge in [-0.15, -0.1) is 0 Å². The van der Waals surface area contributed by atoms with Crippen LogP contribution in [0.5, 0.6) is 0 Å². The number of nitrogens with one attached hydrogen (secondary N) is 1. The first kappa shape index (κ1) is 22.5. The second-order valence-corrected chi connectivity index (χ2v) is 9.47. The van der Waals surface area contributed by atoms with E-state index in [1.54, 1.807) is 0 Å². The fourth-order valence-electron chi connectivity index (χ4n) is 5.36. The van der Waals surface area contributed by atoms with Gasteiger partial charge in [0.1, 0.15) is 0 Å². The Morgan fingerprint density at radius 1 is 1.19 bits per heavy atom. The highest BCUT2D eigenvalue weighted by atomic mass is 16.2. The predicted molar refractivity (Wildman–Crippen MR) is 129 cm³/mol. The van der Waals surface area contributed by atoms with Gasteiger partial charge >= 0.3 is 0 Å². The van der Waals surface area contributed by atoms with Crippen LogP contribution >= 0.6 is 0 Å². The van der Waals surface area contributed by atoms with Crippen molar-refractivity contribution in [2.24, 2.45) is 16.8 Å². The summed E-state index contributed by atoms with van der Waals surface area (Å²) in [5.74, 6) is -0.113. The molecule has 2 aliphatic heterocycles. The molecule has 3 heterocycles. The molecule has 1 aromatic carbocycles. The zero-order chi connectivity index (χ0) is 23.0. The van der Waals surface area contributed by atoms with E-state index in [0.717, 1.165) is 41.0 Å². The predicted octanol–water partition coefficient (Wildman–Crippen LogP) is 4.15. The van der Waals surface area contributed by atoms with Gasteiger partial charge in [-0.05, 0) is 78.7 Å². The number of fused-ring (bicyclic) bond motifs is 1. The van der Waals surface area contributed by atoms with E-state index in [4.69, 9.17) is 0 Å². The van der Waals surface area contributed by atoms with Gasteiger partial charge in [0.05, 0.1) is 11.5 Å². The van der Waals surface area contributed by atoms with Crippen molar-refractivity contribution < 1.29 is 9.59 Å². The van der Waals surface area contributed by atoms with Crippen molar-refractivity contribution in [3.8, 4) is 0 Å². The van der Waals surface area contributed by atoms with E-state index in [1.165, 1.54) is 12.8 Å². The van der Waals surface area contributed by atoms with Crippen LogP contribution < -0.4 is 5.32 Å². The molecule has 1 N–H and O–H groups in total. The molecule has 0 saturated carbocycles. The minimum absolute atomic E-state index is 0.125. The molecule has 2 aromatic rings. The third-order valence-electron chi connectivity index (χ3n) is 7.27. The summed E-state index contributed by atoms with van der Waals surface area (Å²) >= 11 is 0. The van der Waals surface area contributed by atoms with Crippen LogP contribution in [0.25, 0.3) is 10.9 Å². The molecule has 1 saturated heterocycles. The number of aromatic nitrogens is 1. The third-order valence-corrected chi connectivity index (χ3v) is 7.27. The summed E-state index contributed by atoms with van der Waals surface area (Å²) in [6, 6.07) is 8.48. The minimum Gasteiger partial charge on any atom is -0.351 e. The summed E-state index contributed by atoms with van der Waals surface area (Å²) in [7, 11) is 2.18. The fourth-order valence-corrected chi connectivity index (χ4v) is 5.36. The van der Waals surface area contributed by atoms with E-state index < -0.39 is 5.92 Å². The van der Waals surface area contributed by atoms with Crippen LogP contribution in [0.3, 0.4) is 0 Å². The molecule has 1 unspecified atom stereocenters. The van der Waals surface area contributed by atoms with Crippen molar-refractivity contribution in [2.75, 3.05) is 26.7 Å². The number of allylic oxidation sites excluding steroid dienone is 1. The number of carbonyl (C=O) groups excluding carboxylic acids is 2. The van der Waals surface area contributed by atoms with Gasteiger partial charge in [0.2, 0.25) is 0 Å². The second-order valence-electron chi connectivity index (χ2n) is 9.47. The molecule has 1 fully saturated rings. The normalized spacial score (nSPS) is 21.4. The summed E-state index contributed by atoms with van der Waals surface area (Å²) in [4.78, 5) is 32.2. The molecule has 0 spiro atoms. The van der Waals surface area contributed by atoms with Crippen molar-refractivity contribution in [3.63, 3.8) is 0 Å². The van der Waals surface area contributed by atoms with Gasteiger partial charge in [0, 0.05) is 34.9 Å². The number of hydrogen-bond acceptors (Lipinski definition) is 3. The molecule has 32 heavy (non-hydrogen) atoms. The van der Waals surface area contributed by atoms with Crippen molar-refractivity contribution >= 4 is 28.4 Å². The maximum absolute atomic E-state index is 13.4. The molecule has 2 amide bonds. The topological polar surface area (TPSA) is 66.7 Å². The number of likely N-dealkylation sites (tertiary alicyclic amines) is 1. The molecule has 170 valence electrons. The highest BCUT2D eigenvalue weighted by Gasteiger charge is 2.29. The summed E-state index contributed by atoms with van der Waals surface area (Å²) in [5, 5.41) is 4.00. The van der Waals surface area contributed by atoms with Crippen LogP contribution in [0, 0.1) is 18.8 Å². The number of amides is 2. The number of para-hydroxylation sites is 1. The average Bonchev–Trinajstić information content (AvgIpc) is 3.04. The standard InChI is InChI=1S/C26H34N4O2/c1-16-14-17(2)28-25(31)22(16)15-27-26(32)24-19(4)30(23-9-7-6-8-21(23)24)18(3)20-10-12-29(5)13-11-20/h6-9,14,18,20,22H,10-13,15H2,1-5H3,(H,27,32)/t18-,22?/m1/s1. The van der Waals surface area contributed by atoms with E-state index >= 15 is 0 Å². The van der Waals surface area contributed by atoms with Crippen LogP contribution in [0.4, 0.5) is 0 Å². The number of dihydropyridines is 1. The Balaban J connectivity index is 1.60. The Kier molecular flexibility index (Phi) is 6.33. The molecule has 2 aliphatic rings. The van der Waals surface area contributed by atoms with Gasteiger partial charge in [0.15, 0.2) is 0 Å². The number of carbonyl (C=O) groups is 2. The Morgan fingerprint density at radius 3 is 2.56 bits per heavy atom. The monoisotopic (exact) mass is 434 g/mol. The van der Waals surface area contributed by atoms with Gasteiger partial charge in [-0.1, -0.05) is 23.8 Å². The molecular weight excluding hydrogens is 400 g/mol. The Morgan fingerprint density at radius 2 is 1.88 bits per heavy atom. The summed E-state index contributed by atoms with van der Waals surface area (Å²) in [6.07, 6.45) is 4.25. The lowest BCUT2D eigenvalue weighted by Crippen LogP contribution is -2.35. The van der Waals surface area contributed by atoms with Gasteiger partial charge in [0.25, 0.3) is 11.8 Å². The minimum atomic E-state index is -0.394. The van der Waals surface area contributed by atoms with Crippen LogP contribution in [0.2, 0.25) is 0 Å². The maximum Gasteiger partial charge on any atom is 0.254 e. The first-order valence-corrected chi connectivity index (χ1v) is 11.6. The van der Waals surface area contributed by atoms with Gasteiger partial charge in [-0.25, -0.2) is 4.99 Å². The largest absolute Gasteiger partial charge is 0.351 e. The molecule has 0 bridgehead atoms. The number of aliphatic imine (C=N–C) groups is 1. The fraction of sp³-hybridized carbons (Fsp3) is 0.500. The first-order valence-electron chi connectivity index (χ1n) is 11.6. The number of piperidine rings is 1. The van der Waals surface area contributed by atoms with Crippen LogP contribution in [-0.2, 0) is 4.79 Å². The highest BCUT2D eigenvalue weighted by molar-refractivity contribution is 6.09. The SMILES string of the molecule is CC1=CC(C)=NC(=O)C1CNC(=O)c1c(C)n([C@H](C)C2CCN(C)CC2)c2ccccc12. The molecule has 6 nitrogen and oxygen atoms in total. The summed E-state index contributed by atoms with van der Waals surface area (Å²) in [5.41, 5.74) is 4.47. The number of rotatable bonds is 5. The maximum atomic E-state index is 13.4.